The van der Waals surface area contributed by atoms with Crippen molar-refractivity contribution >= 4 is 16.5 Å². The Balaban J connectivity index is 2.65. The largest absolute Gasteiger partial charge is 0.374 e. The summed E-state index contributed by atoms with van der Waals surface area (Å²) in [4.78, 5) is 12.3. The highest BCUT2D eigenvalue weighted by molar-refractivity contribution is 7.18. The summed E-state index contributed by atoms with van der Waals surface area (Å²) >= 11 is 1.22. The summed E-state index contributed by atoms with van der Waals surface area (Å²) in [6, 6.07) is 3.80. The Morgan fingerprint density at radius 3 is 2.59 bits per heavy atom. The number of hydrogen-bond acceptors (Lipinski definition) is 5. The van der Waals surface area contributed by atoms with Crippen LogP contribution in [0.2, 0.25) is 0 Å². The number of aromatic nitrogens is 3. The molecule has 0 atom stereocenters. The number of pyridine rings is 1. The molecule has 90 valence electrons. The minimum atomic E-state index is -0.0452. The molecule has 0 aliphatic heterocycles. The molecule has 0 aliphatic rings. The van der Waals surface area contributed by atoms with Crippen molar-refractivity contribution in [1.29, 1.82) is 0 Å². The van der Waals surface area contributed by atoms with E-state index in [-0.39, 0.29) is 11.6 Å². The van der Waals surface area contributed by atoms with Gasteiger partial charge in [-0.25, -0.2) is 0 Å². The number of hydrogen-bond donors (Lipinski definition) is 1. The summed E-state index contributed by atoms with van der Waals surface area (Å²) in [6.45, 7) is 5.87. The lowest BCUT2D eigenvalue weighted by Gasteiger charge is -2.14. The van der Waals surface area contributed by atoms with E-state index in [4.69, 9.17) is 5.73 Å². The topological polar surface area (TPSA) is 73.8 Å². The van der Waals surface area contributed by atoms with E-state index in [1.165, 1.54) is 11.3 Å². The van der Waals surface area contributed by atoms with E-state index in [2.05, 4.69) is 10.2 Å². The van der Waals surface area contributed by atoms with Crippen molar-refractivity contribution in [2.24, 2.45) is 0 Å². The fourth-order valence-corrected chi connectivity index (χ4v) is 2.42. The lowest BCUT2D eigenvalue weighted by molar-refractivity contribution is 0.564. The summed E-state index contributed by atoms with van der Waals surface area (Å²) in [5.74, 6) is 0. The molecule has 0 fully saturated rings. The minimum absolute atomic E-state index is 0.0452. The van der Waals surface area contributed by atoms with Crippen LogP contribution < -0.4 is 11.3 Å². The first-order valence-electron chi connectivity index (χ1n) is 5.32. The molecule has 6 heteroatoms. The van der Waals surface area contributed by atoms with Gasteiger partial charge in [-0.3, -0.25) is 4.79 Å². The van der Waals surface area contributed by atoms with E-state index in [1.807, 2.05) is 26.8 Å². The van der Waals surface area contributed by atoms with Gasteiger partial charge in [-0.2, -0.15) is 0 Å². The van der Waals surface area contributed by atoms with Crippen LogP contribution in [0.1, 0.15) is 25.6 Å². The molecule has 2 aromatic heterocycles. The third-order valence-electron chi connectivity index (χ3n) is 2.51. The zero-order chi connectivity index (χ0) is 12.6. The molecule has 2 heterocycles. The molecule has 0 amide bonds. The van der Waals surface area contributed by atoms with Gasteiger partial charge in [-0.05, 0) is 32.9 Å². The van der Waals surface area contributed by atoms with Crippen molar-refractivity contribution in [1.82, 2.24) is 14.8 Å². The fraction of sp³-hybridized carbons (Fsp3) is 0.364. The Morgan fingerprint density at radius 1 is 1.35 bits per heavy atom. The van der Waals surface area contributed by atoms with E-state index in [1.54, 1.807) is 10.6 Å². The van der Waals surface area contributed by atoms with Gasteiger partial charge in [0.15, 0.2) is 5.01 Å². The summed E-state index contributed by atoms with van der Waals surface area (Å²) < 4.78 is 1.74. The number of aryl methyl sites for hydroxylation is 1. The lowest BCUT2D eigenvalue weighted by Crippen LogP contribution is -2.25. The Morgan fingerprint density at radius 2 is 2.06 bits per heavy atom. The van der Waals surface area contributed by atoms with Gasteiger partial charge in [0.2, 0.25) is 5.13 Å². The maximum absolute atomic E-state index is 12.3. The predicted octanol–water partition coefficient (Wildman–Crippen LogP) is 1.84. The molecule has 0 spiro atoms. The fourth-order valence-electron chi connectivity index (χ4n) is 1.79. The lowest BCUT2D eigenvalue weighted by atomic mass is 10.2. The van der Waals surface area contributed by atoms with Crippen molar-refractivity contribution in [3.8, 4) is 10.6 Å². The van der Waals surface area contributed by atoms with Crippen LogP contribution >= 0.6 is 11.3 Å². The summed E-state index contributed by atoms with van der Waals surface area (Å²) in [5.41, 5.74) is 6.98. The molecule has 0 saturated heterocycles. The SMILES string of the molecule is Cc1ccc(-c2nnc(N)s2)c(=O)n1C(C)C. The van der Waals surface area contributed by atoms with Gasteiger partial charge >= 0.3 is 0 Å². The van der Waals surface area contributed by atoms with Crippen LogP contribution in [0.4, 0.5) is 5.13 Å². The van der Waals surface area contributed by atoms with Gasteiger partial charge in [-0.15, -0.1) is 10.2 Å². The number of nitrogens with zero attached hydrogens (tertiary/aromatic N) is 3. The number of nitrogen functional groups attached to an aromatic ring is 1. The molecule has 2 N–H and O–H groups in total. The Labute approximate surface area is 103 Å². The minimum Gasteiger partial charge on any atom is -0.374 e. The molecular formula is C11H14N4OS. The number of rotatable bonds is 2. The number of nitrogens with two attached hydrogens (primary N) is 1. The van der Waals surface area contributed by atoms with E-state index in [0.29, 0.717) is 15.7 Å². The Kier molecular flexibility index (Phi) is 2.97. The molecule has 0 unspecified atom stereocenters. The Bertz CT molecular complexity index is 600. The van der Waals surface area contributed by atoms with Crippen LogP contribution in [0, 0.1) is 6.92 Å². The van der Waals surface area contributed by atoms with Crippen LogP contribution in [0.15, 0.2) is 16.9 Å². The normalized spacial score (nSPS) is 11.1. The Hall–Kier alpha value is -1.69. The monoisotopic (exact) mass is 250 g/mol. The van der Waals surface area contributed by atoms with Crippen LogP contribution in [0.5, 0.6) is 0 Å². The first-order valence-corrected chi connectivity index (χ1v) is 6.14. The van der Waals surface area contributed by atoms with E-state index >= 15 is 0 Å². The maximum atomic E-state index is 12.3. The zero-order valence-corrected chi connectivity index (χ0v) is 10.8. The molecule has 0 aromatic carbocycles. The highest BCUT2D eigenvalue weighted by atomic mass is 32.1. The second-order valence-corrected chi connectivity index (χ2v) is 5.11. The molecular weight excluding hydrogens is 236 g/mol. The average molecular weight is 250 g/mol. The summed E-state index contributed by atoms with van der Waals surface area (Å²) in [5, 5.41) is 8.58. The molecule has 0 saturated carbocycles. The molecule has 0 bridgehead atoms. The van der Waals surface area contributed by atoms with E-state index < -0.39 is 0 Å². The second-order valence-electron chi connectivity index (χ2n) is 4.10. The van der Waals surface area contributed by atoms with Crippen molar-refractivity contribution in [2.75, 3.05) is 5.73 Å². The average Bonchev–Trinajstić information content (AvgIpc) is 2.64. The predicted molar refractivity (Wildman–Crippen MR) is 69.1 cm³/mol. The molecule has 0 aliphatic carbocycles. The first kappa shape index (κ1) is 11.8. The van der Waals surface area contributed by atoms with Crippen molar-refractivity contribution in [2.45, 2.75) is 26.8 Å². The molecule has 17 heavy (non-hydrogen) atoms. The summed E-state index contributed by atoms with van der Waals surface area (Å²) in [7, 11) is 0. The number of anilines is 1. The zero-order valence-electron chi connectivity index (χ0n) is 9.97. The van der Waals surface area contributed by atoms with Gasteiger partial charge in [0.1, 0.15) is 0 Å². The molecule has 2 rings (SSSR count). The van der Waals surface area contributed by atoms with Crippen LogP contribution in [0.25, 0.3) is 10.6 Å². The molecule has 0 radical (unpaired) electrons. The van der Waals surface area contributed by atoms with Crippen LogP contribution in [-0.4, -0.2) is 14.8 Å². The van der Waals surface area contributed by atoms with Crippen molar-refractivity contribution in [3.63, 3.8) is 0 Å². The van der Waals surface area contributed by atoms with Crippen molar-refractivity contribution < 1.29 is 0 Å². The van der Waals surface area contributed by atoms with Gasteiger partial charge < -0.3 is 10.3 Å². The second kappa shape index (κ2) is 4.29. The van der Waals surface area contributed by atoms with Gasteiger partial charge in [0.05, 0.1) is 5.56 Å². The molecule has 2 aromatic rings. The maximum Gasteiger partial charge on any atom is 0.261 e. The quantitative estimate of drug-likeness (QED) is 0.882. The third kappa shape index (κ3) is 2.08. The molecule has 5 nitrogen and oxygen atoms in total. The standard InChI is InChI=1S/C11H14N4OS/c1-6(2)15-7(3)4-5-8(10(15)16)9-13-14-11(12)17-9/h4-6H,1-3H3,(H2,12,14). The van der Waals surface area contributed by atoms with E-state index in [9.17, 15) is 4.79 Å². The highest BCUT2D eigenvalue weighted by Gasteiger charge is 2.13. The van der Waals surface area contributed by atoms with Crippen LogP contribution in [0.3, 0.4) is 0 Å². The van der Waals surface area contributed by atoms with Gasteiger partial charge in [0.25, 0.3) is 5.56 Å². The summed E-state index contributed by atoms with van der Waals surface area (Å²) in [6.07, 6.45) is 0. The van der Waals surface area contributed by atoms with Gasteiger partial charge in [0, 0.05) is 11.7 Å². The highest BCUT2D eigenvalue weighted by Crippen LogP contribution is 2.22. The van der Waals surface area contributed by atoms with Gasteiger partial charge in [-0.1, -0.05) is 11.3 Å². The first-order chi connectivity index (χ1) is 8.00. The smallest absolute Gasteiger partial charge is 0.261 e. The van der Waals surface area contributed by atoms with E-state index in [0.717, 1.165) is 5.69 Å². The van der Waals surface area contributed by atoms with Crippen molar-refractivity contribution in [3.05, 3.63) is 28.2 Å². The van der Waals surface area contributed by atoms with Crippen LogP contribution in [-0.2, 0) is 0 Å². The third-order valence-corrected chi connectivity index (χ3v) is 3.29.